The number of halogens is 3. The monoisotopic (exact) mass is 609 g/mol. The summed E-state index contributed by atoms with van der Waals surface area (Å²) in [6.45, 7) is 3.42. The zero-order valence-corrected chi connectivity index (χ0v) is 24.7. The van der Waals surface area contributed by atoms with Crippen molar-refractivity contribution in [3.63, 3.8) is 0 Å². The molecule has 0 saturated heterocycles. The van der Waals surface area contributed by atoms with Gasteiger partial charge in [-0.15, -0.1) is 0 Å². The SMILES string of the molecule is CCCCNC(=O)[C@@H](C)N(Cc1ccccc1Cl)C(=O)CN(c1cccc(Cl)c1Cl)S(=O)(=O)c1ccccc1. The fraction of sp³-hybridized carbons (Fsp3) is 0.286. The molecule has 0 unspecified atom stereocenters. The average molecular weight is 611 g/mol. The summed E-state index contributed by atoms with van der Waals surface area (Å²) in [7, 11) is -4.25. The number of benzene rings is 3. The number of anilines is 1. The predicted molar refractivity (Wildman–Crippen MR) is 157 cm³/mol. The largest absolute Gasteiger partial charge is 0.354 e. The van der Waals surface area contributed by atoms with E-state index < -0.39 is 28.5 Å². The summed E-state index contributed by atoms with van der Waals surface area (Å²) in [4.78, 5) is 28.2. The van der Waals surface area contributed by atoms with Gasteiger partial charge >= 0.3 is 0 Å². The lowest BCUT2D eigenvalue weighted by atomic mass is 10.1. The number of hydrogen-bond donors (Lipinski definition) is 1. The van der Waals surface area contributed by atoms with Crippen LogP contribution in [-0.2, 0) is 26.2 Å². The number of nitrogens with one attached hydrogen (secondary N) is 1. The molecule has 2 amide bonds. The van der Waals surface area contributed by atoms with Crippen molar-refractivity contribution >= 4 is 62.3 Å². The smallest absolute Gasteiger partial charge is 0.264 e. The molecule has 39 heavy (non-hydrogen) atoms. The molecule has 1 N–H and O–H groups in total. The van der Waals surface area contributed by atoms with E-state index in [1.54, 1.807) is 55.5 Å². The van der Waals surface area contributed by atoms with Gasteiger partial charge in [0.15, 0.2) is 0 Å². The van der Waals surface area contributed by atoms with E-state index in [4.69, 9.17) is 34.8 Å². The lowest BCUT2D eigenvalue weighted by molar-refractivity contribution is -0.139. The highest BCUT2D eigenvalue weighted by Crippen LogP contribution is 2.35. The Morgan fingerprint density at radius 3 is 2.21 bits per heavy atom. The Hall–Kier alpha value is -2.78. The maximum Gasteiger partial charge on any atom is 0.264 e. The van der Waals surface area contributed by atoms with Crippen LogP contribution in [0.2, 0.25) is 15.1 Å². The number of carbonyl (C=O) groups excluding carboxylic acids is 2. The number of unbranched alkanes of at least 4 members (excludes halogenated alkanes) is 1. The Labute approximate surface area is 244 Å². The summed E-state index contributed by atoms with van der Waals surface area (Å²) in [5.41, 5.74) is 0.651. The van der Waals surface area contributed by atoms with Gasteiger partial charge in [0.05, 0.1) is 20.6 Å². The van der Waals surface area contributed by atoms with Gasteiger partial charge in [-0.25, -0.2) is 8.42 Å². The first-order valence-corrected chi connectivity index (χ1v) is 15.0. The number of rotatable bonds is 12. The summed E-state index contributed by atoms with van der Waals surface area (Å²) in [6.07, 6.45) is 1.68. The lowest BCUT2D eigenvalue weighted by Crippen LogP contribution is -2.51. The number of sulfonamides is 1. The topological polar surface area (TPSA) is 86.8 Å². The van der Waals surface area contributed by atoms with Crippen LogP contribution in [0.25, 0.3) is 0 Å². The van der Waals surface area contributed by atoms with Crippen molar-refractivity contribution < 1.29 is 18.0 Å². The molecule has 0 radical (unpaired) electrons. The minimum absolute atomic E-state index is 0.0105. The quantitative estimate of drug-likeness (QED) is 0.248. The second-order valence-corrected chi connectivity index (χ2v) is 11.9. The van der Waals surface area contributed by atoms with Crippen LogP contribution in [-0.4, -0.2) is 44.3 Å². The minimum Gasteiger partial charge on any atom is -0.354 e. The Balaban J connectivity index is 2.04. The van der Waals surface area contributed by atoms with E-state index in [0.717, 1.165) is 17.1 Å². The number of nitrogens with zero attached hydrogens (tertiary/aromatic N) is 2. The Morgan fingerprint density at radius 2 is 1.54 bits per heavy atom. The van der Waals surface area contributed by atoms with Crippen LogP contribution in [0.1, 0.15) is 32.3 Å². The van der Waals surface area contributed by atoms with E-state index in [2.05, 4.69) is 5.32 Å². The van der Waals surface area contributed by atoms with E-state index >= 15 is 0 Å². The molecule has 0 aliphatic rings. The molecule has 0 bridgehead atoms. The molecule has 0 aromatic heterocycles. The molecule has 0 fully saturated rings. The second-order valence-electron chi connectivity index (χ2n) is 8.83. The van der Waals surface area contributed by atoms with Crippen molar-refractivity contribution in [1.82, 2.24) is 10.2 Å². The zero-order chi connectivity index (χ0) is 28.6. The van der Waals surface area contributed by atoms with Gasteiger partial charge in [-0.1, -0.05) is 90.6 Å². The lowest BCUT2D eigenvalue weighted by Gasteiger charge is -2.32. The standard InChI is InChI=1S/C28H30Cl3N3O4S/c1-3-4-17-32-28(36)20(2)33(18-21-11-8-9-14-23(21)29)26(35)19-34(25-16-10-15-24(30)27(25)31)39(37,38)22-12-6-5-7-13-22/h5-16,20H,3-4,17-19H2,1-2H3,(H,32,36)/t20-/m1/s1. The molecule has 0 aliphatic heterocycles. The van der Waals surface area contributed by atoms with Gasteiger partial charge < -0.3 is 10.2 Å². The summed E-state index contributed by atoms with van der Waals surface area (Å²) in [6, 6.07) is 18.3. The van der Waals surface area contributed by atoms with Crippen LogP contribution in [0.4, 0.5) is 5.69 Å². The highest BCUT2D eigenvalue weighted by molar-refractivity contribution is 7.92. The second kappa shape index (κ2) is 14.0. The molecule has 3 aromatic carbocycles. The fourth-order valence-electron chi connectivity index (χ4n) is 3.85. The average Bonchev–Trinajstić information content (AvgIpc) is 2.93. The maximum absolute atomic E-state index is 13.9. The van der Waals surface area contributed by atoms with Crippen molar-refractivity contribution in [1.29, 1.82) is 0 Å². The van der Waals surface area contributed by atoms with Crippen LogP contribution in [0, 0.1) is 0 Å². The molecule has 3 rings (SSSR count). The van der Waals surface area contributed by atoms with Crippen LogP contribution >= 0.6 is 34.8 Å². The molecule has 7 nitrogen and oxygen atoms in total. The summed E-state index contributed by atoms with van der Waals surface area (Å²) >= 11 is 19.0. The molecule has 1 atom stereocenters. The molecule has 0 aliphatic carbocycles. The van der Waals surface area contributed by atoms with Gasteiger partial charge in [-0.05, 0) is 49.2 Å². The van der Waals surface area contributed by atoms with Crippen LogP contribution in [0.5, 0.6) is 0 Å². The summed E-state index contributed by atoms with van der Waals surface area (Å²) in [5.74, 6) is -0.981. The van der Waals surface area contributed by atoms with E-state index in [9.17, 15) is 18.0 Å². The summed E-state index contributed by atoms with van der Waals surface area (Å²) in [5, 5.41) is 3.37. The summed E-state index contributed by atoms with van der Waals surface area (Å²) < 4.78 is 28.5. The molecular formula is C28H30Cl3N3O4S. The first-order valence-electron chi connectivity index (χ1n) is 12.4. The number of hydrogen-bond acceptors (Lipinski definition) is 4. The first-order chi connectivity index (χ1) is 18.6. The third kappa shape index (κ3) is 7.66. The van der Waals surface area contributed by atoms with Crippen LogP contribution < -0.4 is 9.62 Å². The minimum atomic E-state index is -4.25. The molecule has 11 heteroatoms. The number of carbonyl (C=O) groups is 2. The molecule has 0 saturated carbocycles. The van der Waals surface area contributed by atoms with Gasteiger partial charge in [0, 0.05) is 18.1 Å². The van der Waals surface area contributed by atoms with E-state index in [1.165, 1.54) is 29.2 Å². The van der Waals surface area contributed by atoms with Crippen LogP contribution in [0.3, 0.4) is 0 Å². The third-order valence-corrected chi connectivity index (χ3v) is 9.06. The molecular weight excluding hydrogens is 581 g/mol. The normalized spacial score (nSPS) is 12.0. The first kappa shape index (κ1) is 30.8. The Kier molecular flexibility index (Phi) is 11.1. The fourth-order valence-corrected chi connectivity index (χ4v) is 5.94. The highest BCUT2D eigenvalue weighted by atomic mass is 35.5. The Bertz CT molecular complexity index is 1400. The van der Waals surface area contributed by atoms with Crippen molar-refractivity contribution in [3.8, 4) is 0 Å². The molecule has 0 heterocycles. The van der Waals surface area contributed by atoms with Crippen molar-refractivity contribution in [2.24, 2.45) is 0 Å². The van der Waals surface area contributed by atoms with Gasteiger partial charge in [0.2, 0.25) is 11.8 Å². The molecule has 208 valence electrons. The zero-order valence-electron chi connectivity index (χ0n) is 21.6. The maximum atomic E-state index is 13.9. The molecule has 3 aromatic rings. The van der Waals surface area contributed by atoms with E-state index in [0.29, 0.717) is 17.1 Å². The van der Waals surface area contributed by atoms with Crippen LogP contribution in [0.15, 0.2) is 77.7 Å². The van der Waals surface area contributed by atoms with Gasteiger partial charge in [0.1, 0.15) is 12.6 Å². The van der Waals surface area contributed by atoms with E-state index in [1.807, 2.05) is 6.92 Å². The number of amides is 2. The van der Waals surface area contributed by atoms with Crippen molar-refractivity contribution in [3.05, 3.63) is 93.4 Å². The van der Waals surface area contributed by atoms with Crippen molar-refractivity contribution in [2.45, 2.75) is 44.2 Å². The third-order valence-electron chi connectivity index (χ3n) is 6.11. The predicted octanol–water partition coefficient (Wildman–Crippen LogP) is 6.18. The Morgan fingerprint density at radius 1 is 0.897 bits per heavy atom. The van der Waals surface area contributed by atoms with Gasteiger partial charge in [-0.2, -0.15) is 0 Å². The highest BCUT2D eigenvalue weighted by Gasteiger charge is 2.33. The van der Waals surface area contributed by atoms with Gasteiger partial charge in [-0.3, -0.25) is 13.9 Å². The molecule has 0 spiro atoms. The van der Waals surface area contributed by atoms with Crippen molar-refractivity contribution in [2.75, 3.05) is 17.4 Å². The van der Waals surface area contributed by atoms with Gasteiger partial charge in [0.25, 0.3) is 10.0 Å². The van der Waals surface area contributed by atoms with E-state index in [-0.39, 0.29) is 33.1 Å².